The van der Waals surface area contributed by atoms with Gasteiger partial charge in [-0.05, 0) is 49.2 Å². The second-order valence-electron chi connectivity index (χ2n) is 5.94. The fourth-order valence-electron chi connectivity index (χ4n) is 2.74. The number of benzene rings is 2. The largest absolute Gasteiger partial charge is 0.573 e. The first kappa shape index (κ1) is 17.1. The molecule has 0 radical (unpaired) electrons. The Labute approximate surface area is 142 Å². The van der Waals surface area contributed by atoms with Gasteiger partial charge in [0.15, 0.2) is 0 Å². The van der Waals surface area contributed by atoms with Crippen molar-refractivity contribution in [3.05, 3.63) is 42.0 Å². The Bertz CT molecular complexity index is 816. The first-order valence-corrected chi connectivity index (χ1v) is 7.71. The molecule has 0 spiro atoms. The highest BCUT2D eigenvalue weighted by Gasteiger charge is 2.33. The lowest BCUT2D eigenvalue weighted by atomic mass is 10.00. The molecule has 0 fully saturated rings. The molecule has 0 unspecified atom stereocenters. The Hall–Kier alpha value is -2.70. The van der Waals surface area contributed by atoms with Gasteiger partial charge in [0.1, 0.15) is 11.5 Å². The van der Waals surface area contributed by atoms with Crippen molar-refractivity contribution < 1.29 is 27.4 Å². The number of nitrogens with one attached hydrogen (secondary N) is 1. The van der Waals surface area contributed by atoms with Gasteiger partial charge in [0.2, 0.25) is 5.91 Å². The number of carbonyl (C=O) groups is 1. The van der Waals surface area contributed by atoms with Crippen molar-refractivity contribution >= 4 is 11.6 Å². The highest BCUT2D eigenvalue weighted by molar-refractivity contribution is 6.00. The van der Waals surface area contributed by atoms with Crippen molar-refractivity contribution in [3.8, 4) is 22.6 Å². The van der Waals surface area contributed by atoms with Gasteiger partial charge in [-0.1, -0.05) is 12.1 Å². The molecule has 0 saturated heterocycles. The van der Waals surface area contributed by atoms with E-state index in [2.05, 4.69) is 10.1 Å². The Morgan fingerprint density at radius 2 is 1.84 bits per heavy atom. The maximum Gasteiger partial charge on any atom is 0.573 e. The van der Waals surface area contributed by atoms with Crippen LogP contribution in [0.3, 0.4) is 0 Å². The number of rotatable bonds is 4. The molecule has 132 valence electrons. The number of halogens is 3. The van der Waals surface area contributed by atoms with Crippen LogP contribution in [0, 0.1) is 0 Å². The molecule has 1 aliphatic rings. The summed E-state index contributed by atoms with van der Waals surface area (Å²) in [7, 11) is 0. The normalized spacial score (nSPS) is 13.6. The number of ether oxygens (including phenoxy) is 2. The molecule has 2 aromatic carbocycles. The molecule has 1 aliphatic heterocycles. The number of carbonyl (C=O) groups excluding carboxylic acids is 1. The van der Waals surface area contributed by atoms with Gasteiger partial charge >= 0.3 is 6.36 Å². The van der Waals surface area contributed by atoms with Crippen molar-refractivity contribution in [2.75, 3.05) is 5.32 Å². The molecule has 1 N–H and O–H groups in total. The summed E-state index contributed by atoms with van der Waals surface area (Å²) in [6.45, 7) is 3.57. The van der Waals surface area contributed by atoms with Gasteiger partial charge in [0, 0.05) is 5.69 Å². The van der Waals surface area contributed by atoms with Crippen LogP contribution < -0.4 is 14.8 Å². The minimum absolute atomic E-state index is 0.148. The first-order chi connectivity index (χ1) is 11.7. The van der Waals surface area contributed by atoms with E-state index in [-0.39, 0.29) is 35.5 Å². The van der Waals surface area contributed by atoms with Crippen LogP contribution in [-0.4, -0.2) is 18.4 Å². The summed E-state index contributed by atoms with van der Waals surface area (Å²) in [5.41, 5.74) is 2.08. The molecule has 1 heterocycles. The topological polar surface area (TPSA) is 47.6 Å². The lowest BCUT2D eigenvalue weighted by Crippen LogP contribution is -2.18. The standard InChI is InChI=1S/C18H16F3NO3/c1-10(2)24-14-4-3-5-15(25-18(19,20)21)17(14)11-6-7-13-12(8-11)9-16(23)22-13/h3-8,10H,9H2,1-2H3,(H,22,23). The second kappa shape index (κ2) is 6.31. The van der Waals surface area contributed by atoms with E-state index in [4.69, 9.17) is 4.74 Å². The Morgan fingerprint density at radius 3 is 2.52 bits per heavy atom. The predicted molar refractivity (Wildman–Crippen MR) is 86.7 cm³/mol. The highest BCUT2D eigenvalue weighted by atomic mass is 19.4. The third-order valence-electron chi connectivity index (χ3n) is 3.60. The molecule has 0 atom stereocenters. The van der Waals surface area contributed by atoms with Crippen LogP contribution in [0.5, 0.6) is 11.5 Å². The molecule has 0 aromatic heterocycles. The monoisotopic (exact) mass is 351 g/mol. The summed E-state index contributed by atoms with van der Waals surface area (Å²) in [6, 6.07) is 9.26. The number of hydrogen-bond donors (Lipinski definition) is 1. The lowest BCUT2D eigenvalue weighted by molar-refractivity contribution is -0.274. The van der Waals surface area contributed by atoms with Crippen LogP contribution in [0.25, 0.3) is 11.1 Å². The van der Waals surface area contributed by atoms with Gasteiger partial charge in [-0.2, -0.15) is 0 Å². The minimum atomic E-state index is -4.82. The van der Waals surface area contributed by atoms with E-state index in [0.29, 0.717) is 11.3 Å². The van der Waals surface area contributed by atoms with Crippen molar-refractivity contribution in [3.63, 3.8) is 0 Å². The molecule has 3 rings (SSSR count). The average Bonchev–Trinajstić information content (AvgIpc) is 2.84. The van der Waals surface area contributed by atoms with Crippen molar-refractivity contribution in [1.82, 2.24) is 0 Å². The molecule has 4 nitrogen and oxygen atoms in total. The number of amides is 1. The smallest absolute Gasteiger partial charge is 0.490 e. The summed E-state index contributed by atoms with van der Waals surface area (Å²) in [4.78, 5) is 11.5. The fourth-order valence-corrected chi connectivity index (χ4v) is 2.74. The number of alkyl halides is 3. The maximum atomic E-state index is 12.8. The summed E-state index contributed by atoms with van der Waals surface area (Å²) in [5.74, 6) is -0.206. The SMILES string of the molecule is CC(C)Oc1cccc(OC(F)(F)F)c1-c1ccc2c(c1)CC(=O)N2. The zero-order chi connectivity index (χ0) is 18.2. The molecule has 2 aromatic rings. The first-order valence-electron chi connectivity index (χ1n) is 7.71. The quantitative estimate of drug-likeness (QED) is 0.880. The fraction of sp³-hybridized carbons (Fsp3) is 0.278. The van der Waals surface area contributed by atoms with E-state index >= 15 is 0 Å². The van der Waals surface area contributed by atoms with Crippen LogP contribution in [0.4, 0.5) is 18.9 Å². The minimum Gasteiger partial charge on any atom is -0.490 e. The van der Waals surface area contributed by atoms with E-state index in [1.54, 1.807) is 38.1 Å². The van der Waals surface area contributed by atoms with Gasteiger partial charge in [0.25, 0.3) is 0 Å². The predicted octanol–water partition coefficient (Wildman–Crippen LogP) is 4.53. The van der Waals surface area contributed by atoms with Crippen LogP contribution in [0.1, 0.15) is 19.4 Å². The zero-order valence-corrected chi connectivity index (χ0v) is 13.6. The molecular weight excluding hydrogens is 335 g/mol. The zero-order valence-electron chi connectivity index (χ0n) is 13.6. The summed E-state index contributed by atoms with van der Waals surface area (Å²) in [6.07, 6.45) is -4.86. The Balaban J connectivity index is 2.12. The van der Waals surface area contributed by atoms with E-state index in [1.165, 1.54) is 12.1 Å². The van der Waals surface area contributed by atoms with Gasteiger partial charge in [0.05, 0.1) is 18.1 Å². The summed E-state index contributed by atoms with van der Waals surface area (Å²) < 4.78 is 48.2. The van der Waals surface area contributed by atoms with Crippen LogP contribution in [0.15, 0.2) is 36.4 Å². The van der Waals surface area contributed by atoms with E-state index < -0.39 is 6.36 Å². The number of anilines is 1. The maximum absolute atomic E-state index is 12.8. The molecule has 1 amide bonds. The molecule has 0 bridgehead atoms. The number of hydrogen-bond acceptors (Lipinski definition) is 3. The Morgan fingerprint density at radius 1 is 1.12 bits per heavy atom. The molecule has 0 aliphatic carbocycles. The molecule has 0 saturated carbocycles. The van der Waals surface area contributed by atoms with Crippen LogP contribution >= 0.6 is 0 Å². The summed E-state index contributed by atoms with van der Waals surface area (Å²) in [5, 5.41) is 2.69. The highest BCUT2D eigenvalue weighted by Crippen LogP contribution is 2.42. The van der Waals surface area contributed by atoms with E-state index in [9.17, 15) is 18.0 Å². The van der Waals surface area contributed by atoms with Gasteiger partial charge < -0.3 is 14.8 Å². The lowest BCUT2D eigenvalue weighted by Gasteiger charge is -2.19. The van der Waals surface area contributed by atoms with Crippen molar-refractivity contribution in [1.29, 1.82) is 0 Å². The van der Waals surface area contributed by atoms with E-state index in [1.807, 2.05) is 0 Å². The second-order valence-corrected chi connectivity index (χ2v) is 5.94. The molecule has 25 heavy (non-hydrogen) atoms. The van der Waals surface area contributed by atoms with Crippen LogP contribution in [0.2, 0.25) is 0 Å². The number of fused-ring (bicyclic) bond motifs is 1. The van der Waals surface area contributed by atoms with Gasteiger partial charge in [-0.3, -0.25) is 4.79 Å². The molecular formula is C18H16F3NO3. The average molecular weight is 351 g/mol. The van der Waals surface area contributed by atoms with Crippen LogP contribution in [-0.2, 0) is 11.2 Å². The van der Waals surface area contributed by atoms with Crippen molar-refractivity contribution in [2.24, 2.45) is 0 Å². The van der Waals surface area contributed by atoms with Crippen molar-refractivity contribution in [2.45, 2.75) is 32.7 Å². The third kappa shape index (κ3) is 3.87. The Kier molecular flexibility index (Phi) is 4.32. The van der Waals surface area contributed by atoms with Gasteiger partial charge in [-0.15, -0.1) is 13.2 Å². The summed E-state index contributed by atoms with van der Waals surface area (Å²) >= 11 is 0. The van der Waals surface area contributed by atoms with E-state index in [0.717, 1.165) is 5.56 Å². The third-order valence-corrected chi connectivity index (χ3v) is 3.60. The molecule has 7 heteroatoms. The van der Waals surface area contributed by atoms with Gasteiger partial charge in [-0.25, -0.2) is 0 Å².